The van der Waals surface area contributed by atoms with Crippen LogP contribution in [-0.2, 0) is 0 Å². The van der Waals surface area contributed by atoms with Crippen LogP contribution in [0.4, 0.5) is 5.69 Å². The van der Waals surface area contributed by atoms with E-state index < -0.39 is 0 Å². The summed E-state index contributed by atoms with van der Waals surface area (Å²) in [6.07, 6.45) is 13.6. The van der Waals surface area contributed by atoms with Gasteiger partial charge in [-0.2, -0.15) is 0 Å². The van der Waals surface area contributed by atoms with Gasteiger partial charge in [0.05, 0.1) is 0 Å². The number of carbonyl (C=O) groups is 1. The topological polar surface area (TPSA) is 57.8 Å². The molecule has 1 aliphatic carbocycles. The Morgan fingerprint density at radius 2 is 2.24 bits per heavy atom. The van der Waals surface area contributed by atoms with E-state index in [4.69, 9.17) is 6.42 Å². The SMILES string of the molecule is C#Cc1c[nH]c(C(=O)Nc2ccc(C(=C)C)cc2C2=CCCCC2)n1. The van der Waals surface area contributed by atoms with Crippen LogP contribution in [0.15, 0.2) is 37.1 Å². The number of allylic oxidation sites excluding steroid dienone is 3. The fourth-order valence-electron chi connectivity index (χ4n) is 2.96. The van der Waals surface area contributed by atoms with Crippen molar-refractivity contribution in [3.8, 4) is 12.3 Å². The highest BCUT2D eigenvalue weighted by molar-refractivity contribution is 6.03. The van der Waals surface area contributed by atoms with Gasteiger partial charge in [-0.1, -0.05) is 24.3 Å². The average Bonchev–Trinajstić information content (AvgIpc) is 3.12. The number of nitrogens with zero attached hydrogens (tertiary/aromatic N) is 1. The van der Waals surface area contributed by atoms with Crippen molar-refractivity contribution in [2.75, 3.05) is 5.32 Å². The zero-order chi connectivity index (χ0) is 17.8. The van der Waals surface area contributed by atoms with Crippen molar-refractivity contribution in [1.82, 2.24) is 9.97 Å². The minimum atomic E-state index is -0.303. The number of aromatic nitrogens is 2. The van der Waals surface area contributed by atoms with E-state index >= 15 is 0 Å². The summed E-state index contributed by atoms with van der Waals surface area (Å²) in [6, 6.07) is 6.00. The second-order valence-electron chi connectivity index (χ2n) is 6.25. The van der Waals surface area contributed by atoms with E-state index in [1.165, 1.54) is 18.4 Å². The number of rotatable bonds is 4. The number of benzene rings is 1. The summed E-state index contributed by atoms with van der Waals surface area (Å²) in [4.78, 5) is 19.4. The molecular weight excluding hydrogens is 310 g/mol. The molecule has 0 saturated carbocycles. The standard InChI is InChI=1S/C21H21N3O/c1-4-17-13-22-20(23-17)21(25)24-19-11-10-16(14(2)3)12-18(19)15-8-6-5-7-9-15/h1,8,10-13H,2,5-7,9H2,3H3,(H,22,23)(H,24,25). The number of nitrogens with one attached hydrogen (secondary N) is 2. The van der Waals surface area contributed by atoms with Gasteiger partial charge in [-0.3, -0.25) is 4.79 Å². The van der Waals surface area contributed by atoms with E-state index in [1.54, 1.807) is 6.20 Å². The molecule has 1 heterocycles. The first-order valence-corrected chi connectivity index (χ1v) is 8.41. The monoisotopic (exact) mass is 331 g/mol. The summed E-state index contributed by atoms with van der Waals surface area (Å²) in [5.74, 6) is 2.31. The van der Waals surface area contributed by atoms with Crippen LogP contribution in [0, 0.1) is 12.3 Å². The largest absolute Gasteiger partial charge is 0.339 e. The number of hydrogen-bond donors (Lipinski definition) is 2. The lowest BCUT2D eigenvalue weighted by molar-refractivity contribution is 0.101. The molecule has 0 bridgehead atoms. The van der Waals surface area contributed by atoms with Crippen LogP contribution in [0.3, 0.4) is 0 Å². The lowest BCUT2D eigenvalue weighted by atomic mass is 9.90. The molecular formula is C21H21N3O. The Morgan fingerprint density at radius 3 is 2.88 bits per heavy atom. The maximum absolute atomic E-state index is 12.5. The van der Waals surface area contributed by atoms with Gasteiger partial charge in [0.2, 0.25) is 0 Å². The van der Waals surface area contributed by atoms with Gasteiger partial charge in [0, 0.05) is 17.4 Å². The molecule has 0 aliphatic heterocycles. The molecule has 2 aromatic rings. The van der Waals surface area contributed by atoms with Crippen LogP contribution in [0.2, 0.25) is 0 Å². The van der Waals surface area contributed by atoms with Gasteiger partial charge in [0.1, 0.15) is 5.69 Å². The van der Waals surface area contributed by atoms with Crippen molar-refractivity contribution in [2.24, 2.45) is 0 Å². The number of H-pyrrole nitrogens is 1. The van der Waals surface area contributed by atoms with Gasteiger partial charge >= 0.3 is 0 Å². The van der Waals surface area contributed by atoms with Crippen molar-refractivity contribution in [1.29, 1.82) is 0 Å². The molecule has 126 valence electrons. The second kappa shape index (κ2) is 7.23. The smallest absolute Gasteiger partial charge is 0.291 e. The molecule has 1 aliphatic rings. The lowest BCUT2D eigenvalue weighted by Gasteiger charge is -2.18. The Kier molecular flexibility index (Phi) is 4.85. The molecule has 1 aromatic carbocycles. The summed E-state index contributed by atoms with van der Waals surface area (Å²) in [7, 11) is 0. The molecule has 3 rings (SSSR count). The minimum absolute atomic E-state index is 0.209. The van der Waals surface area contributed by atoms with Gasteiger partial charge in [0.25, 0.3) is 5.91 Å². The van der Waals surface area contributed by atoms with Gasteiger partial charge in [-0.15, -0.1) is 6.42 Å². The fourth-order valence-corrected chi connectivity index (χ4v) is 2.96. The Morgan fingerprint density at radius 1 is 1.40 bits per heavy atom. The molecule has 1 amide bonds. The summed E-state index contributed by atoms with van der Waals surface area (Å²) in [5.41, 5.74) is 5.60. The number of imidazole rings is 1. The van der Waals surface area contributed by atoms with Crippen molar-refractivity contribution < 1.29 is 4.79 Å². The quantitative estimate of drug-likeness (QED) is 0.802. The molecule has 0 fully saturated rings. The van der Waals surface area contributed by atoms with E-state index in [0.717, 1.165) is 35.2 Å². The van der Waals surface area contributed by atoms with Gasteiger partial charge in [-0.05, 0) is 61.8 Å². The van der Waals surface area contributed by atoms with Crippen LogP contribution in [0.25, 0.3) is 11.1 Å². The van der Waals surface area contributed by atoms with Crippen LogP contribution < -0.4 is 5.32 Å². The first-order chi connectivity index (χ1) is 12.1. The summed E-state index contributed by atoms with van der Waals surface area (Å²) in [6.45, 7) is 6.00. The molecule has 0 atom stereocenters. The van der Waals surface area contributed by atoms with E-state index in [0.29, 0.717) is 5.69 Å². The average molecular weight is 331 g/mol. The first kappa shape index (κ1) is 16.8. The zero-order valence-corrected chi connectivity index (χ0v) is 14.4. The predicted octanol–water partition coefficient (Wildman–Crippen LogP) is 4.63. The molecule has 25 heavy (non-hydrogen) atoms. The normalized spacial score (nSPS) is 13.7. The summed E-state index contributed by atoms with van der Waals surface area (Å²) >= 11 is 0. The minimum Gasteiger partial charge on any atom is -0.339 e. The van der Waals surface area contributed by atoms with Gasteiger partial charge in [-0.25, -0.2) is 4.98 Å². The molecule has 2 N–H and O–H groups in total. The lowest BCUT2D eigenvalue weighted by Crippen LogP contribution is -2.15. The van der Waals surface area contributed by atoms with Crippen molar-refractivity contribution in [3.63, 3.8) is 0 Å². The zero-order valence-electron chi connectivity index (χ0n) is 14.4. The third kappa shape index (κ3) is 3.72. The Bertz CT molecular complexity index is 896. The second-order valence-corrected chi connectivity index (χ2v) is 6.25. The molecule has 4 nitrogen and oxygen atoms in total. The maximum Gasteiger partial charge on any atom is 0.291 e. The number of aromatic amines is 1. The van der Waals surface area contributed by atoms with E-state index in [9.17, 15) is 4.79 Å². The van der Waals surface area contributed by atoms with Crippen LogP contribution >= 0.6 is 0 Å². The molecule has 0 unspecified atom stereocenters. The highest BCUT2D eigenvalue weighted by atomic mass is 16.2. The first-order valence-electron chi connectivity index (χ1n) is 8.41. The Labute approximate surface area is 148 Å². The number of hydrogen-bond acceptors (Lipinski definition) is 2. The van der Waals surface area contributed by atoms with Crippen molar-refractivity contribution in [2.45, 2.75) is 32.6 Å². The van der Waals surface area contributed by atoms with Crippen LogP contribution in [0.5, 0.6) is 0 Å². The maximum atomic E-state index is 12.5. The van der Waals surface area contributed by atoms with Gasteiger partial charge in [0.15, 0.2) is 5.82 Å². The molecule has 0 spiro atoms. The molecule has 4 heteroatoms. The van der Waals surface area contributed by atoms with E-state index in [-0.39, 0.29) is 11.7 Å². The predicted molar refractivity (Wildman–Crippen MR) is 102 cm³/mol. The highest BCUT2D eigenvalue weighted by Gasteiger charge is 2.16. The number of anilines is 1. The molecule has 0 saturated heterocycles. The number of amides is 1. The number of carbonyl (C=O) groups excluding carboxylic acids is 1. The molecule has 0 radical (unpaired) electrons. The Hall–Kier alpha value is -3.06. The summed E-state index contributed by atoms with van der Waals surface area (Å²) < 4.78 is 0. The van der Waals surface area contributed by atoms with Crippen molar-refractivity contribution >= 4 is 22.7 Å². The third-order valence-electron chi connectivity index (χ3n) is 4.34. The number of terminal acetylenes is 1. The van der Waals surface area contributed by atoms with Crippen molar-refractivity contribution in [3.05, 3.63) is 59.7 Å². The third-order valence-corrected chi connectivity index (χ3v) is 4.34. The molecule has 1 aromatic heterocycles. The van der Waals surface area contributed by atoms with Crippen LogP contribution in [-0.4, -0.2) is 15.9 Å². The highest BCUT2D eigenvalue weighted by Crippen LogP contribution is 2.33. The fraction of sp³-hybridized carbons (Fsp3) is 0.238. The summed E-state index contributed by atoms with van der Waals surface area (Å²) in [5, 5.41) is 2.96. The van der Waals surface area contributed by atoms with E-state index in [1.807, 2.05) is 19.1 Å². The Balaban J connectivity index is 1.94. The van der Waals surface area contributed by atoms with Crippen LogP contribution in [0.1, 0.15) is 60.0 Å². The van der Waals surface area contributed by atoms with E-state index in [2.05, 4.69) is 39.9 Å². The van der Waals surface area contributed by atoms with Gasteiger partial charge < -0.3 is 10.3 Å².